The highest BCUT2D eigenvalue weighted by molar-refractivity contribution is 6.17. The summed E-state index contributed by atoms with van der Waals surface area (Å²) in [4.78, 5) is 25.5. The van der Waals surface area contributed by atoms with Crippen molar-refractivity contribution < 1.29 is 14.3 Å². The Morgan fingerprint density at radius 2 is 1.78 bits per heavy atom. The normalized spacial score (nSPS) is 14.1. The zero-order valence-corrected chi connectivity index (χ0v) is 15.3. The Morgan fingerprint density at radius 1 is 1.07 bits per heavy atom. The molecule has 0 heterocycles. The Morgan fingerprint density at radius 3 is 2.44 bits per heavy atom. The number of hydrogen-bond acceptors (Lipinski definition) is 4. The molecule has 2 amide bonds. The molecule has 0 spiro atoms. The van der Waals surface area contributed by atoms with Crippen molar-refractivity contribution in [3.8, 4) is 11.8 Å². The molecule has 6 nitrogen and oxygen atoms in total. The Balaban J connectivity index is 1.73. The van der Waals surface area contributed by atoms with Crippen molar-refractivity contribution in [3.63, 3.8) is 0 Å². The number of nitriles is 1. The first-order valence-electron chi connectivity index (χ1n) is 8.83. The van der Waals surface area contributed by atoms with Crippen molar-refractivity contribution in [2.75, 3.05) is 10.6 Å². The van der Waals surface area contributed by atoms with Gasteiger partial charge in [0.15, 0.2) is 0 Å². The zero-order chi connectivity index (χ0) is 19.4. The van der Waals surface area contributed by atoms with E-state index in [-0.39, 0.29) is 17.9 Å². The molecule has 138 valence electrons. The molecular weight excluding hydrogens is 342 g/mol. The molecule has 0 unspecified atom stereocenters. The number of para-hydroxylation sites is 2. The van der Waals surface area contributed by atoms with Gasteiger partial charge in [0, 0.05) is 5.69 Å². The minimum Gasteiger partial charge on any atom is -0.489 e. The first-order chi connectivity index (χ1) is 12.9. The van der Waals surface area contributed by atoms with E-state index in [4.69, 9.17) is 10.00 Å². The number of hydrogen-bond donors (Lipinski definition) is 2. The van der Waals surface area contributed by atoms with Crippen LogP contribution in [0.25, 0.3) is 0 Å². The molecule has 1 aliphatic rings. The van der Waals surface area contributed by atoms with Crippen molar-refractivity contribution in [2.45, 2.75) is 32.8 Å². The topological polar surface area (TPSA) is 91.2 Å². The van der Waals surface area contributed by atoms with Gasteiger partial charge in [0.25, 0.3) is 0 Å². The lowest BCUT2D eigenvalue weighted by Gasteiger charge is -2.18. The second-order valence-electron chi connectivity index (χ2n) is 6.85. The largest absolute Gasteiger partial charge is 0.489 e. The van der Waals surface area contributed by atoms with Gasteiger partial charge >= 0.3 is 0 Å². The van der Waals surface area contributed by atoms with Crippen LogP contribution in [-0.4, -0.2) is 17.9 Å². The van der Waals surface area contributed by atoms with Gasteiger partial charge in [0.2, 0.25) is 11.8 Å². The summed E-state index contributed by atoms with van der Waals surface area (Å²) >= 11 is 0. The second-order valence-corrected chi connectivity index (χ2v) is 6.85. The van der Waals surface area contributed by atoms with Gasteiger partial charge in [-0.15, -0.1) is 0 Å². The summed E-state index contributed by atoms with van der Waals surface area (Å²) in [6.07, 6.45) is 0.930. The van der Waals surface area contributed by atoms with E-state index in [1.165, 1.54) is 0 Å². The predicted octanol–water partition coefficient (Wildman–Crippen LogP) is 3.70. The van der Waals surface area contributed by atoms with Gasteiger partial charge in [0.05, 0.1) is 23.4 Å². The third kappa shape index (κ3) is 4.09. The van der Waals surface area contributed by atoms with Crippen molar-refractivity contribution in [1.82, 2.24) is 0 Å². The van der Waals surface area contributed by atoms with Crippen LogP contribution in [0.2, 0.25) is 0 Å². The number of carbonyl (C=O) groups excluding carboxylic acids is 2. The number of carbonyl (C=O) groups is 2. The molecule has 0 aromatic heterocycles. The summed E-state index contributed by atoms with van der Waals surface area (Å²) in [5.41, 5.74) is 0.401. The number of ether oxygens (including phenoxy) is 1. The van der Waals surface area contributed by atoms with Gasteiger partial charge < -0.3 is 15.4 Å². The fraction of sp³-hybridized carbons (Fsp3) is 0.286. The molecule has 1 fully saturated rings. The number of nitrogens with zero attached hydrogens (tertiary/aromatic N) is 1. The van der Waals surface area contributed by atoms with Crippen LogP contribution in [0.15, 0.2) is 48.5 Å². The fourth-order valence-electron chi connectivity index (χ4n) is 2.77. The monoisotopic (exact) mass is 363 g/mol. The molecule has 0 radical (unpaired) electrons. The molecule has 3 rings (SSSR count). The number of nitrogens with one attached hydrogen (secondary N) is 2. The molecule has 6 heteroatoms. The highest BCUT2D eigenvalue weighted by atomic mass is 16.5. The maximum absolute atomic E-state index is 12.8. The Hall–Kier alpha value is -3.33. The van der Waals surface area contributed by atoms with Crippen LogP contribution in [0, 0.1) is 16.7 Å². The molecule has 2 aromatic rings. The van der Waals surface area contributed by atoms with Crippen molar-refractivity contribution >= 4 is 23.2 Å². The van der Waals surface area contributed by atoms with Gasteiger partial charge in [-0.3, -0.25) is 9.59 Å². The summed E-state index contributed by atoms with van der Waals surface area (Å²) in [5.74, 6) is -0.146. The molecule has 0 saturated heterocycles. The highest BCUT2D eigenvalue weighted by Gasteiger charge is 2.56. The summed E-state index contributed by atoms with van der Waals surface area (Å²) in [5, 5.41) is 14.6. The maximum atomic E-state index is 12.8. The number of rotatable bonds is 6. The average molecular weight is 363 g/mol. The Labute approximate surface area is 158 Å². The summed E-state index contributed by atoms with van der Waals surface area (Å²) in [7, 11) is 0. The molecule has 0 aliphatic heterocycles. The Bertz CT molecular complexity index is 911. The van der Waals surface area contributed by atoms with Crippen LogP contribution in [0.4, 0.5) is 11.4 Å². The third-order valence-corrected chi connectivity index (χ3v) is 4.37. The first-order valence-corrected chi connectivity index (χ1v) is 8.83. The zero-order valence-electron chi connectivity index (χ0n) is 15.3. The molecule has 27 heavy (non-hydrogen) atoms. The van der Waals surface area contributed by atoms with E-state index in [1.54, 1.807) is 42.5 Å². The van der Waals surface area contributed by atoms with E-state index in [9.17, 15) is 9.59 Å². The molecule has 0 bridgehead atoms. The van der Waals surface area contributed by atoms with E-state index in [2.05, 4.69) is 10.6 Å². The van der Waals surface area contributed by atoms with E-state index >= 15 is 0 Å². The average Bonchev–Trinajstić information content (AvgIpc) is 3.45. The Kier molecular flexibility index (Phi) is 5.13. The summed E-state index contributed by atoms with van der Waals surface area (Å²) < 4.78 is 5.72. The standard InChI is InChI=1S/C21H21N3O3/c1-14(2)27-18-9-4-3-8-17(18)24-20(26)21(10-11-21)19(25)23-16-7-5-6-15(12-16)13-22/h3-9,12,14H,10-11H2,1-2H3,(H,23,25)(H,24,26). The number of benzene rings is 2. The van der Waals surface area contributed by atoms with Crippen LogP contribution < -0.4 is 15.4 Å². The second kappa shape index (κ2) is 7.50. The third-order valence-electron chi connectivity index (χ3n) is 4.37. The quantitative estimate of drug-likeness (QED) is 0.766. The molecule has 1 aliphatic carbocycles. The molecule has 1 saturated carbocycles. The molecule has 2 N–H and O–H groups in total. The van der Waals surface area contributed by atoms with E-state index in [0.717, 1.165) is 0 Å². The lowest BCUT2D eigenvalue weighted by atomic mass is 10.0. The van der Waals surface area contributed by atoms with E-state index in [0.29, 0.717) is 35.5 Å². The number of amides is 2. The van der Waals surface area contributed by atoms with Crippen LogP contribution in [-0.2, 0) is 9.59 Å². The van der Waals surface area contributed by atoms with Gasteiger partial charge in [-0.25, -0.2) is 0 Å². The van der Waals surface area contributed by atoms with E-state index in [1.807, 2.05) is 26.0 Å². The SMILES string of the molecule is CC(C)Oc1ccccc1NC(=O)C1(C(=O)Nc2cccc(C#N)c2)CC1. The van der Waals surface area contributed by atoms with Crippen LogP contribution in [0.5, 0.6) is 5.75 Å². The van der Waals surface area contributed by atoms with E-state index < -0.39 is 5.41 Å². The van der Waals surface area contributed by atoms with Crippen molar-refractivity contribution in [3.05, 3.63) is 54.1 Å². The fourth-order valence-corrected chi connectivity index (χ4v) is 2.77. The van der Waals surface area contributed by atoms with Crippen LogP contribution >= 0.6 is 0 Å². The predicted molar refractivity (Wildman–Crippen MR) is 102 cm³/mol. The van der Waals surface area contributed by atoms with Crippen molar-refractivity contribution in [2.24, 2.45) is 5.41 Å². The minimum absolute atomic E-state index is 0.0337. The first kappa shape index (κ1) is 18.5. The van der Waals surface area contributed by atoms with Crippen LogP contribution in [0.3, 0.4) is 0 Å². The number of anilines is 2. The lowest BCUT2D eigenvalue weighted by Crippen LogP contribution is -2.35. The lowest BCUT2D eigenvalue weighted by molar-refractivity contribution is -0.131. The van der Waals surface area contributed by atoms with Gasteiger partial charge in [-0.2, -0.15) is 5.26 Å². The molecule has 2 aromatic carbocycles. The van der Waals surface area contributed by atoms with Crippen molar-refractivity contribution in [1.29, 1.82) is 5.26 Å². The summed E-state index contributed by atoms with van der Waals surface area (Å²) in [6, 6.07) is 15.8. The molecular formula is C21H21N3O3. The summed E-state index contributed by atoms with van der Waals surface area (Å²) in [6.45, 7) is 3.81. The highest BCUT2D eigenvalue weighted by Crippen LogP contribution is 2.48. The van der Waals surface area contributed by atoms with Gasteiger partial charge in [-0.1, -0.05) is 18.2 Å². The maximum Gasteiger partial charge on any atom is 0.240 e. The smallest absolute Gasteiger partial charge is 0.240 e. The minimum atomic E-state index is -1.09. The van der Waals surface area contributed by atoms with Gasteiger partial charge in [-0.05, 0) is 57.0 Å². The van der Waals surface area contributed by atoms with Gasteiger partial charge in [0.1, 0.15) is 11.2 Å². The van der Waals surface area contributed by atoms with Crippen LogP contribution in [0.1, 0.15) is 32.3 Å². The molecule has 0 atom stereocenters.